The van der Waals surface area contributed by atoms with E-state index in [1.54, 1.807) is 18.2 Å². The molecule has 0 aliphatic rings. The molecule has 0 spiro atoms. The zero-order valence-electron chi connectivity index (χ0n) is 10.7. The fourth-order valence-electron chi connectivity index (χ4n) is 1.62. The van der Waals surface area contributed by atoms with Crippen molar-refractivity contribution in [3.63, 3.8) is 0 Å². The minimum absolute atomic E-state index is 0.0225. The number of carbonyl (C=O) groups is 1. The summed E-state index contributed by atoms with van der Waals surface area (Å²) in [7, 11) is 0. The van der Waals surface area contributed by atoms with Gasteiger partial charge in [0.1, 0.15) is 5.75 Å². The number of hydrogen-bond acceptors (Lipinski definition) is 4. The molecule has 1 heterocycles. The molecule has 0 fully saturated rings. The van der Waals surface area contributed by atoms with Gasteiger partial charge in [-0.1, -0.05) is 24.0 Å². The Morgan fingerprint density at radius 2 is 2.20 bits per heavy atom. The summed E-state index contributed by atoms with van der Waals surface area (Å²) in [6, 6.07) is 8.37. The molecule has 4 N–H and O–H groups in total. The molecule has 0 atom stereocenters. The zero-order chi connectivity index (χ0) is 14.4. The number of phenolic OH excluding ortho intramolecular Hbond substituents is 1. The summed E-state index contributed by atoms with van der Waals surface area (Å²) in [4.78, 5) is 12.9. The van der Waals surface area contributed by atoms with Crippen LogP contribution in [-0.4, -0.2) is 17.6 Å². The van der Waals surface area contributed by atoms with E-state index in [0.717, 1.165) is 10.4 Å². The molecule has 5 heteroatoms. The first-order chi connectivity index (χ1) is 9.70. The first-order valence-corrected chi connectivity index (χ1v) is 6.91. The molecule has 0 unspecified atom stereocenters. The highest BCUT2D eigenvalue weighted by Crippen LogP contribution is 2.17. The van der Waals surface area contributed by atoms with E-state index in [4.69, 9.17) is 5.73 Å². The largest absolute Gasteiger partial charge is 0.507 e. The van der Waals surface area contributed by atoms with Crippen LogP contribution in [0.15, 0.2) is 35.7 Å². The number of rotatable bonds is 3. The van der Waals surface area contributed by atoms with Crippen molar-refractivity contribution >= 4 is 17.2 Å². The third-order valence-electron chi connectivity index (χ3n) is 2.56. The quantitative estimate of drug-likeness (QED) is 0.752. The monoisotopic (exact) mass is 286 g/mol. The molecule has 1 aromatic heterocycles. The Bertz CT molecular complexity index is 668. The number of phenols is 1. The Labute approximate surface area is 121 Å². The van der Waals surface area contributed by atoms with Crippen molar-refractivity contribution in [3.05, 3.63) is 51.7 Å². The van der Waals surface area contributed by atoms with Crippen molar-refractivity contribution in [2.75, 3.05) is 6.54 Å². The van der Waals surface area contributed by atoms with Crippen LogP contribution in [0.3, 0.4) is 0 Å². The van der Waals surface area contributed by atoms with Crippen LogP contribution in [0.25, 0.3) is 0 Å². The summed E-state index contributed by atoms with van der Waals surface area (Å²) in [5.74, 6) is 5.39. The lowest BCUT2D eigenvalue weighted by Gasteiger charge is -2.05. The molecule has 20 heavy (non-hydrogen) atoms. The van der Waals surface area contributed by atoms with E-state index in [-0.39, 0.29) is 17.2 Å². The van der Waals surface area contributed by atoms with Crippen LogP contribution in [0.5, 0.6) is 5.75 Å². The first-order valence-electron chi connectivity index (χ1n) is 6.03. The van der Waals surface area contributed by atoms with E-state index in [1.165, 1.54) is 17.4 Å². The Kier molecular flexibility index (Phi) is 4.77. The van der Waals surface area contributed by atoms with E-state index < -0.39 is 0 Å². The predicted molar refractivity (Wildman–Crippen MR) is 79.5 cm³/mol. The zero-order valence-corrected chi connectivity index (χ0v) is 11.5. The van der Waals surface area contributed by atoms with Gasteiger partial charge in [0.05, 0.1) is 18.7 Å². The molecule has 0 aliphatic carbocycles. The molecule has 4 nitrogen and oxygen atoms in total. The third-order valence-corrected chi connectivity index (χ3v) is 3.50. The first kappa shape index (κ1) is 14.1. The molecule has 0 saturated heterocycles. The van der Waals surface area contributed by atoms with Crippen molar-refractivity contribution in [3.8, 4) is 17.6 Å². The van der Waals surface area contributed by atoms with Crippen molar-refractivity contribution in [1.82, 2.24) is 5.32 Å². The number of thiophene rings is 1. The number of hydrogen-bond donors (Lipinski definition) is 3. The second-order valence-electron chi connectivity index (χ2n) is 4.01. The van der Waals surface area contributed by atoms with E-state index in [0.29, 0.717) is 13.1 Å². The molecule has 2 rings (SSSR count). The summed E-state index contributed by atoms with van der Waals surface area (Å²) in [5.41, 5.74) is 6.48. The second kappa shape index (κ2) is 6.75. The summed E-state index contributed by atoms with van der Waals surface area (Å²) in [6.07, 6.45) is 0. The molecule has 0 saturated carbocycles. The van der Waals surface area contributed by atoms with Crippen molar-refractivity contribution in [2.45, 2.75) is 6.54 Å². The van der Waals surface area contributed by atoms with Gasteiger partial charge in [-0.3, -0.25) is 4.79 Å². The summed E-state index contributed by atoms with van der Waals surface area (Å²) < 4.78 is 0. The average molecular weight is 286 g/mol. The highest BCUT2D eigenvalue weighted by Gasteiger charge is 2.09. The maximum atomic E-state index is 11.9. The highest BCUT2D eigenvalue weighted by atomic mass is 32.1. The van der Waals surface area contributed by atoms with Gasteiger partial charge in [0.25, 0.3) is 5.91 Å². The maximum Gasteiger partial charge on any atom is 0.255 e. The Hall–Kier alpha value is -2.29. The Morgan fingerprint density at radius 3 is 2.95 bits per heavy atom. The SMILES string of the molecule is NCC#Cc1csc(CNC(=O)c2ccccc2O)c1. The van der Waals surface area contributed by atoms with Gasteiger partial charge in [-0.2, -0.15) is 0 Å². The Morgan fingerprint density at radius 1 is 1.40 bits per heavy atom. The highest BCUT2D eigenvalue weighted by molar-refractivity contribution is 7.10. The summed E-state index contributed by atoms with van der Waals surface area (Å²) in [5, 5.41) is 14.3. The van der Waals surface area contributed by atoms with Gasteiger partial charge in [-0.05, 0) is 18.2 Å². The standard InChI is InChI=1S/C15H14N2O2S/c16-7-3-4-11-8-12(20-10-11)9-17-15(19)13-5-1-2-6-14(13)18/h1-2,5-6,8,10,18H,7,9,16H2,(H,17,19). The lowest BCUT2D eigenvalue weighted by Crippen LogP contribution is -2.22. The van der Waals surface area contributed by atoms with Gasteiger partial charge in [0.2, 0.25) is 0 Å². The van der Waals surface area contributed by atoms with Crippen LogP contribution in [0.4, 0.5) is 0 Å². The van der Waals surface area contributed by atoms with Gasteiger partial charge in [0, 0.05) is 15.8 Å². The van der Waals surface area contributed by atoms with Gasteiger partial charge < -0.3 is 16.2 Å². The number of amides is 1. The average Bonchev–Trinajstić information content (AvgIpc) is 2.91. The smallest absolute Gasteiger partial charge is 0.255 e. The predicted octanol–water partition coefficient (Wildman–Crippen LogP) is 1.69. The fourth-order valence-corrected chi connectivity index (χ4v) is 2.38. The second-order valence-corrected chi connectivity index (χ2v) is 5.00. The number of benzene rings is 1. The fraction of sp³-hybridized carbons (Fsp3) is 0.133. The normalized spacial score (nSPS) is 9.65. The number of para-hydroxylation sites is 1. The number of aromatic hydroxyl groups is 1. The van der Waals surface area contributed by atoms with E-state index in [2.05, 4.69) is 17.2 Å². The van der Waals surface area contributed by atoms with Crippen molar-refractivity contribution < 1.29 is 9.90 Å². The van der Waals surface area contributed by atoms with Crippen molar-refractivity contribution in [1.29, 1.82) is 0 Å². The van der Waals surface area contributed by atoms with E-state index in [1.807, 2.05) is 11.4 Å². The molecular weight excluding hydrogens is 272 g/mol. The Balaban J connectivity index is 1.97. The van der Waals surface area contributed by atoms with Gasteiger partial charge in [-0.15, -0.1) is 11.3 Å². The van der Waals surface area contributed by atoms with Crippen LogP contribution in [-0.2, 0) is 6.54 Å². The van der Waals surface area contributed by atoms with Gasteiger partial charge >= 0.3 is 0 Å². The van der Waals surface area contributed by atoms with Crippen LogP contribution >= 0.6 is 11.3 Å². The summed E-state index contributed by atoms with van der Waals surface area (Å²) in [6.45, 7) is 0.733. The molecule has 0 radical (unpaired) electrons. The number of nitrogens with two attached hydrogens (primary N) is 1. The molecule has 0 aliphatic heterocycles. The molecule has 102 valence electrons. The number of carbonyl (C=O) groups excluding carboxylic acids is 1. The summed E-state index contributed by atoms with van der Waals surface area (Å²) >= 11 is 1.52. The molecule has 2 aromatic rings. The third kappa shape index (κ3) is 3.60. The van der Waals surface area contributed by atoms with E-state index >= 15 is 0 Å². The topological polar surface area (TPSA) is 75.3 Å². The van der Waals surface area contributed by atoms with Gasteiger partial charge in [0.15, 0.2) is 0 Å². The van der Waals surface area contributed by atoms with Crippen molar-refractivity contribution in [2.24, 2.45) is 5.73 Å². The van der Waals surface area contributed by atoms with Gasteiger partial charge in [-0.25, -0.2) is 0 Å². The molecule has 1 aromatic carbocycles. The minimum atomic E-state index is -0.300. The van der Waals surface area contributed by atoms with Crippen LogP contribution in [0, 0.1) is 11.8 Å². The molecule has 0 bridgehead atoms. The molecule has 1 amide bonds. The maximum absolute atomic E-state index is 11.9. The number of nitrogens with one attached hydrogen (secondary N) is 1. The molecular formula is C15H14N2O2S. The van der Waals surface area contributed by atoms with Crippen LogP contribution in [0.1, 0.15) is 20.8 Å². The van der Waals surface area contributed by atoms with Crippen LogP contribution < -0.4 is 11.1 Å². The lowest BCUT2D eigenvalue weighted by molar-refractivity contribution is 0.0948. The van der Waals surface area contributed by atoms with E-state index in [9.17, 15) is 9.90 Å². The van der Waals surface area contributed by atoms with Crippen LogP contribution in [0.2, 0.25) is 0 Å². The minimum Gasteiger partial charge on any atom is -0.507 e. The lowest BCUT2D eigenvalue weighted by atomic mass is 10.2.